The maximum Gasteiger partial charge on any atom is 0.193 e. The molecule has 0 aliphatic carbocycles. The van der Waals surface area contributed by atoms with E-state index in [1.165, 1.54) is 32.2 Å². The van der Waals surface area contributed by atoms with Crippen molar-refractivity contribution in [3.8, 4) is 0 Å². The van der Waals surface area contributed by atoms with Gasteiger partial charge in [-0.1, -0.05) is 6.42 Å². The molecule has 5 nitrogen and oxygen atoms in total. The van der Waals surface area contributed by atoms with Crippen LogP contribution in [0.1, 0.15) is 39.5 Å². The minimum absolute atomic E-state index is 0. The first-order valence-electron chi connectivity index (χ1n) is 9.02. The summed E-state index contributed by atoms with van der Waals surface area (Å²) < 4.78 is 5.48. The van der Waals surface area contributed by atoms with Crippen LogP contribution in [-0.4, -0.2) is 74.8 Å². The van der Waals surface area contributed by atoms with Crippen LogP contribution in [0, 0.1) is 5.92 Å². The van der Waals surface area contributed by atoms with Gasteiger partial charge in [-0.25, -0.2) is 0 Å². The van der Waals surface area contributed by atoms with E-state index in [1.807, 2.05) is 0 Å². The number of guanidine groups is 1. The molecule has 0 radical (unpaired) electrons. The Morgan fingerprint density at radius 2 is 2.17 bits per heavy atom. The smallest absolute Gasteiger partial charge is 0.193 e. The molecule has 0 spiro atoms. The van der Waals surface area contributed by atoms with Crippen LogP contribution < -0.4 is 5.32 Å². The molecule has 2 fully saturated rings. The molecule has 136 valence electrons. The van der Waals surface area contributed by atoms with E-state index in [9.17, 15) is 0 Å². The highest BCUT2D eigenvalue weighted by atomic mass is 127. The molecule has 2 heterocycles. The average Bonchev–Trinajstić information content (AvgIpc) is 3.01. The number of aliphatic imine (C=N–C) groups is 1. The fourth-order valence-electron chi connectivity index (χ4n) is 3.44. The number of hydrogen-bond donors (Lipinski definition) is 1. The number of nitrogens with one attached hydrogen (secondary N) is 1. The van der Waals surface area contributed by atoms with Crippen molar-refractivity contribution in [2.45, 2.75) is 45.6 Å². The molecule has 0 bridgehead atoms. The van der Waals surface area contributed by atoms with E-state index in [-0.39, 0.29) is 24.0 Å². The summed E-state index contributed by atoms with van der Waals surface area (Å²) in [5, 5.41) is 3.42. The maximum absolute atomic E-state index is 5.48. The molecule has 23 heavy (non-hydrogen) atoms. The summed E-state index contributed by atoms with van der Waals surface area (Å²) in [7, 11) is 2.14. The Morgan fingerprint density at radius 3 is 2.83 bits per heavy atom. The van der Waals surface area contributed by atoms with Gasteiger partial charge >= 0.3 is 0 Å². The third kappa shape index (κ3) is 7.13. The molecular weight excluding hydrogens is 403 g/mol. The highest BCUT2D eigenvalue weighted by Gasteiger charge is 2.20. The highest BCUT2D eigenvalue weighted by molar-refractivity contribution is 14.0. The molecule has 0 amide bonds. The zero-order valence-electron chi connectivity index (χ0n) is 15.1. The van der Waals surface area contributed by atoms with Crippen LogP contribution in [0.5, 0.6) is 0 Å². The topological polar surface area (TPSA) is 40.1 Å². The van der Waals surface area contributed by atoms with Crippen LogP contribution in [0.25, 0.3) is 0 Å². The van der Waals surface area contributed by atoms with Gasteiger partial charge in [0.2, 0.25) is 0 Å². The SMILES string of the molecule is CCNC(=NCCN1CCCCC1C)N(C)CC1CCOC1.I. The summed E-state index contributed by atoms with van der Waals surface area (Å²) in [6.07, 6.45) is 5.24. The van der Waals surface area contributed by atoms with Gasteiger partial charge in [-0.3, -0.25) is 9.89 Å². The maximum atomic E-state index is 5.48. The molecule has 2 saturated heterocycles. The first kappa shape index (κ1) is 21.0. The van der Waals surface area contributed by atoms with E-state index < -0.39 is 0 Å². The molecule has 1 N–H and O–H groups in total. The summed E-state index contributed by atoms with van der Waals surface area (Å²) in [5.74, 6) is 1.69. The summed E-state index contributed by atoms with van der Waals surface area (Å²) in [6, 6.07) is 0.722. The van der Waals surface area contributed by atoms with Crippen molar-refractivity contribution >= 4 is 29.9 Å². The Kier molecular flexibility index (Phi) is 10.5. The van der Waals surface area contributed by atoms with Crippen molar-refractivity contribution < 1.29 is 4.74 Å². The monoisotopic (exact) mass is 438 g/mol. The van der Waals surface area contributed by atoms with Gasteiger partial charge in [0.25, 0.3) is 0 Å². The Balaban J connectivity index is 0.00000264. The molecule has 2 unspecified atom stereocenters. The van der Waals surface area contributed by atoms with Gasteiger partial charge in [-0.05, 0) is 39.7 Å². The van der Waals surface area contributed by atoms with Gasteiger partial charge in [0.15, 0.2) is 5.96 Å². The Morgan fingerprint density at radius 1 is 1.35 bits per heavy atom. The van der Waals surface area contributed by atoms with Crippen LogP contribution in [0.4, 0.5) is 0 Å². The Labute approximate surface area is 159 Å². The zero-order valence-corrected chi connectivity index (χ0v) is 17.4. The van der Waals surface area contributed by atoms with Gasteiger partial charge in [0.05, 0.1) is 13.2 Å². The normalized spacial score (nSPS) is 26.0. The third-order valence-electron chi connectivity index (χ3n) is 4.84. The average molecular weight is 438 g/mol. The molecule has 2 rings (SSSR count). The van der Waals surface area contributed by atoms with E-state index in [4.69, 9.17) is 9.73 Å². The number of piperidine rings is 1. The van der Waals surface area contributed by atoms with E-state index >= 15 is 0 Å². The first-order chi connectivity index (χ1) is 10.7. The minimum atomic E-state index is 0. The predicted octanol–water partition coefficient (Wildman–Crippen LogP) is 2.41. The van der Waals surface area contributed by atoms with E-state index in [2.05, 4.69) is 36.0 Å². The van der Waals surface area contributed by atoms with E-state index in [0.717, 1.165) is 51.4 Å². The summed E-state index contributed by atoms with van der Waals surface area (Å²) in [5.41, 5.74) is 0. The lowest BCUT2D eigenvalue weighted by Crippen LogP contribution is -2.43. The van der Waals surface area contributed by atoms with E-state index in [0.29, 0.717) is 5.92 Å². The van der Waals surface area contributed by atoms with Gasteiger partial charge in [-0.2, -0.15) is 0 Å². The summed E-state index contributed by atoms with van der Waals surface area (Å²) >= 11 is 0. The molecule has 2 aliphatic rings. The van der Waals surface area contributed by atoms with Gasteiger partial charge < -0.3 is 15.0 Å². The van der Waals surface area contributed by atoms with Crippen LogP contribution >= 0.6 is 24.0 Å². The van der Waals surface area contributed by atoms with Crippen molar-refractivity contribution in [3.05, 3.63) is 0 Å². The number of hydrogen-bond acceptors (Lipinski definition) is 3. The van der Waals surface area contributed by atoms with Gasteiger partial charge in [0.1, 0.15) is 0 Å². The molecule has 0 aromatic rings. The van der Waals surface area contributed by atoms with Crippen molar-refractivity contribution in [1.29, 1.82) is 0 Å². The molecule has 0 aromatic carbocycles. The predicted molar refractivity (Wildman–Crippen MR) is 108 cm³/mol. The molecule has 0 aromatic heterocycles. The largest absolute Gasteiger partial charge is 0.381 e. The first-order valence-corrected chi connectivity index (χ1v) is 9.02. The standard InChI is InChI=1S/C17H34N4O.HI/c1-4-18-17(20(3)13-16-8-12-22-14-16)19-9-11-21-10-6-5-7-15(21)2;/h15-16H,4-14H2,1-3H3,(H,18,19);1H. The second-order valence-corrected chi connectivity index (χ2v) is 6.73. The van der Waals surface area contributed by atoms with E-state index in [1.54, 1.807) is 0 Å². The second kappa shape index (κ2) is 11.5. The lowest BCUT2D eigenvalue weighted by molar-refractivity contribution is 0.165. The van der Waals surface area contributed by atoms with Crippen molar-refractivity contribution in [2.75, 3.05) is 53.0 Å². The Bertz CT molecular complexity index is 347. The quantitative estimate of drug-likeness (QED) is 0.393. The lowest BCUT2D eigenvalue weighted by atomic mass is 10.0. The van der Waals surface area contributed by atoms with Crippen LogP contribution in [0.2, 0.25) is 0 Å². The van der Waals surface area contributed by atoms with Crippen molar-refractivity contribution in [3.63, 3.8) is 0 Å². The third-order valence-corrected chi connectivity index (χ3v) is 4.84. The summed E-state index contributed by atoms with van der Waals surface area (Å²) in [4.78, 5) is 9.68. The summed E-state index contributed by atoms with van der Waals surface area (Å²) in [6.45, 7) is 11.5. The second-order valence-electron chi connectivity index (χ2n) is 6.73. The molecule has 2 aliphatic heterocycles. The number of nitrogens with zero attached hydrogens (tertiary/aromatic N) is 3. The zero-order chi connectivity index (χ0) is 15.8. The molecular formula is C17H35IN4O. The van der Waals surface area contributed by atoms with Crippen LogP contribution in [0.15, 0.2) is 4.99 Å². The molecule has 6 heteroatoms. The van der Waals surface area contributed by atoms with Crippen molar-refractivity contribution in [2.24, 2.45) is 10.9 Å². The number of rotatable bonds is 6. The fraction of sp³-hybridized carbons (Fsp3) is 0.941. The minimum Gasteiger partial charge on any atom is -0.381 e. The van der Waals surface area contributed by atoms with Gasteiger partial charge in [0, 0.05) is 45.2 Å². The fourth-order valence-corrected chi connectivity index (χ4v) is 3.44. The van der Waals surface area contributed by atoms with Crippen LogP contribution in [0.3, 0.4) is 0 Å². The van der Waals surface area contributed by atoms with Crippen molar-refractivity contribution in [1.82, 2.24) is 15.1 Å². The number of ether oxygens (including phenoxy) is 1. The molecule has 2 atom stereocenters. The lowest BCUT2D eigenvalue weighted by Gasteiger charge is -2.33. The van der Waals surface area contributed by atoms with Crippen LogP contribution in [-0.2, 0) is 4.74 Å². The Hall–Kier alpha value is -0.0800. The molecule has 0 saturated carbocycles. The number of likely N-dealkylation sites (tertiary alicyclic amines) is 1. The highest BCUT2D eigenvalue weighted by Crippen LogP contribution is 2.16. The van der Waals surface area contributed by atoms with Gasteiger partial charge in [-0.15, -0.1) is 24.0 Å². The number of halogens is 1.